The summed E-state index contributed by atoms with van der Waals surface area (Å²) in [5, 5.41) is 6.13. The fourth-order valence-electron chi connectivity index (χ4n) is 2.01. The summed E-state index contributed by atoms with van der Waals surface area (Å²) in [6, 6.07) is 12.2. The number of hydrogen-bond donors (Lipinski definition) is 2. The molecule has 0 fully saturated rings. The summed E-state index contributed by atoms with van der Waals surface area (Å²) < 4.78 is 13.7. The highest BCUT2D eigenvalue weighted by Crippen LogP contribution is 2.26. The van der Waals surface area contributed by atoms with Gasteiger partial charge in [-0.15, -0.1) is 0 Å². The first-order chi connectivity index (χ1) is 12.0. The number of para-hydroxylation sites is 1. The van der Waals surface area contributed by atoms with E-state index in [-0.39, 0.29) is 17.3 Å². The Morgan fingerprint density at radius 2 is 1.84 bits per heavy atom. The number of nitrogens with one attached hydrogen (secondary N) is 2. The predicted octanol–water partition coefficient (Wildman–Crippen LogP) is 4.92. The van der Waals surface area contributed by atoms with Crippen LogP contribution >= 0.6 is 23.2 Å². The molecule has 1 heterocycles. The van der Waals surface area contributed by atoms with E-state index in [2.05, 4.69) is 20.6 Å². The Morgan fingerprint density at radius 1 is 1.04 bits per heavy atom. The predicted molar refractivity (Wildman–Crippen MR) is 96.1 cm³/mol. The van der Waals surface area contributed by atoms with Gasteiger partial charge < -0.3 is 10.6 Å². The minimum atomic E-state index is -0.497. The summed E-state index contributed by atoms with van der Waals surface area (Å²) in [5.41, 5.74) is 0.657. The molecular formula is C17H11Cl2FN4O. The van der Waals surface area contributed by atoms with E-state index in [0.29, 0.717) is 15.7 Å². The molecule has 3 aromatic rings. The average Bonchev–Trinajstić information content (AvgIpc) is 2.60. The van der Waals surface area contributed by atoms with Crippen molar-refractivity contribution in [2.45, 2.75) is 0 Å². The van der Waals surface area contributed by atoms with Crippen LogP contribution in [0, 0.1) is 5.82 Å². The third-order valence-corrected chi connectivity index (χ3v) is 3.75. The number of carbonyl (C=O) groups is 1. The second-order valence-electron chi connectivity index (χ2n) is 4.95. The van der Waals surface area contributed by atoms with Gasteiger partial charge >= 0.3 is 0 Å². The average molecular weight is 377 g/mol. The zero-order valence-electron chi connectivity index (χ0n) is 12.6. The lowest BCUT2D eigenvalue weighted by molar-refractivity contribution is 0.102. The van der Waals surface area contributed by atoms with Gasteiger partial charge in [-0.3, -0.25) is 4.79 Å². The summed E-state index contributed by atoms with van der Waals surface area (Å²) >= 11 is 11.9. The maximum absolute atomic E-state index is 13.7. The van der Waals surface area contributed by atoms with Crippen LogP contribution in [-0.4, -0.2) is 15.9 Å². The maximum Gasteiger partial charge on any atom is 0.274 e. The summed E-state index contributed by atoms with van der Waals surface area (Å²) in [6.45, 7) is 0. The fraction of sp³-hybridized carbons (Fsp3) is 0. The summed E-state index contributed by atoms with van der Waals surface area (Å²) in [7, 11) is 0. The van der Waals surface area contributed by atoms with E-state index >= 15 is 0 Å². The molecule has 2 aromatic carbocycles. The number of amides is 1. The van der Waals surface area contributed by atoms with E-state index in [0.717, 1.165) is 0 Å². The highest BCUT2D eigenvalue weighted by molar-refractivity contribution is 6.35. The lowest BCUT2D eigenvalue weighted by Crippen LogP contribution is -2.15. The quantitative estimate of drug-likeness (QED) is 0.678. The van der Waals surface area contributed by atoms with Gasteiger partial charge in [0.15, 0.2) is 0 Å². The molecule has 0 bridgehead atoms. The first-order valence-corrected chi connectivity index (χ1v) is 7.89. The van der Waals surface area contributed by atoms with Crippen LogP contribution in [-0.2, 0) is 0 Å². The second-order valence-corrected chi connectivity index (χ2v) is 5.79. The van der Waals surface area contributed by atoms with Gasteiger partial charge in [-0.05, 0) is 36.4 Å². The molecule has 126 valence electrons. The molecule has 0 aliphatic heterocycles. The van der Waals surface area contributed by atoms with Crippen molar-refractivity contribution in [3.8, 4) is 0 Å². The number of anilines is 3. The van der Waals surface area contributed by atoms with Gasteiger partial charge in [0.2, 0.25) is 5.95 Å². The molecule has 1 amide bonds. The molecule has 0 spiro atoms. The Hall–Kier alpha value is -2.70. The van der Waals surface area contributed by atoms with Crippen molar-refractivity contribution in [2.24, 2.45) is 0 Å². The number of nitrogens with zero attached hydrogens (tertiary/aromatic N) is 2. The number of hydrogen-bond acceptors (Lipinski definition) is 4. The Kier molecular flexibility index (Phi) is 5.11. The lowest BCUT2D eigenvalue weighted by atomic mass is 10.3. The molecule has 1 aromatic heterocycles. The molecular weight excluding hydrogens is 366 g/mol. The zero-order chi connectivity index (χ0) is 17.8. The minimum Gasteiger partial charge on any atom is -0.322 e. The highest BCUT2D eigenvalue weighted by Gasteiger charge is 2.12. The lowest BCUT2D eigenvalue weighted by Gasteiger charge is -2.09. The van der Waals surface area contributed by atoms with Crippen molar-refractivity contribution in [1.82, 2.24) is 9.97 Å². The Bertz CT molecular complexity index is 936. The fourth-order valence-corrected chi connectivity index (χ4v) is 2.34. The Labute approximate surface area is 152 Å². The van der Waals surface area contributed by atoms with Crippen molar-refractivity contribution in [3.05, 3.63) is 76.3 Å². The van der Waals surface area contributed by atoms with Crippen molar-refractivity contribution in [2.75, 3.05) is 10.6 Å². The Morgan fingerprint density at radius 3 is 2.64 bits per heavy atom. The molecule has 0 atom stereocenters. The second kappa shape index (κ2) is 7.46. The van der Waals surface area contributed by atoms with Gasteiger partial charge in [-0.25, -0.2) is 14.4 Å². The first-order valence-electron chi connectivity index (χ1n) is 7.14. The van der Waals surface area contributed by atoms with Crippen LogP contribution in [0.5, 0.6) is 0 Å². The van der Waals surface area contributed by atoms with E-state index in [4.69, 9.17) is 23.2 Å². The van der Waals surface area contributed by atoms with E-state index < -0.39 is 11.7 Å². The summed E-state index contributed by atoms with van der Waals surface area (Å²) in [5.74, 6) is -0.857. The standard InChI is InChI=1S/C17H11Cl2FN4O/c18-10-5-6-11(19)15(9-10)22-16(25)14-7-8-21-17(24-14)23-13-4-2-1-3-12(13)20/h1-9H,(H,22,25)(H,21,23,24). The first kappa shape index (κ1) is 17.1. The maximum atomic E-state index is 13.7. The number of carbonyl (C=O) groups excluding carboxylic acids is 1. The minimum absolute atomic E-state index is 0.0879. The van der Waals surface area contributed by atoms with Gasteiger partial charge in [0.05, 0.1) is 16.4 Å². The largest absolute Gasteiger partial charge is 0.322 e. The molecule has 0 aliphatic rings. The number of halogens is 3. The van der Waals surface area contributed by atoms with Crippen molar-refractivity contribution in [3.63, 3.8) is 0 Å². The van der Waals surface area contributed by atoms with Crippen LogP contribution in [0.2, 0.25) is 10.0 Å². The van der Waals surface area contributed by atoms with Crippen LogP contribution in [0.3, 0.4) is 0 Å². The third kappa shape index (κ3) is 4.23. The molecule has 8 heteroatoms. The number of rotatable bonds is 4. The van der Waals surface area contributed by atoms with E-state index in [9.17, 15) is 9.18 Å². The molecule has 0 unspecified atom stereocenters. The smallest absolute Gasteiger partial charge is 0.274 e. The van der Waals surface area contributed by atoms with Crippen LogP contribution in [0.15, 0.2) is 54.7 Å². The van der Waals surface area contributed by atoms with Gasteiger partial charge in [0.1, 0.15) is 11.5 Å². The van der Waals surface area contributed by atoms with Crippen molar-refractivity contribution in [1.29, 1.82) is 0 Å². The molecule has 0 saturated heterocycles. The van der Waals surface area contributed by atoms with Gasteiger partial charge in [0, 0.05) is 11.2 Å². The Balaban J connectivity index is 1.80. The van der Waals surface area contributed by atoms with Crippen molar-refractivity contribution < 1.29 is 9.18 Å². The van der Waals surface area contributed by atoms with E-state index in [1.165, 1.54) is 30.5 Å². The topological polar surface area (TPSA) is 66.9 Å². The monoisotopic (exact) mass is 376 g/mol. The zero-order valence-corrected chi connectivity index (χ0v) is 14.1. The van der Waals surface area contributed by atoms with Gasteiger partial charge in [-0.2, -0.15) is 0 Å². The highest BCUT2D eigenvalue weighted by atomic mass is 35.5. The molecule has 0 saturated carbocycles. The van der Waals surface area contributed by atoms with Gasteiger partial charge in [-0.1, -0.05) is 35.3 Å². The summed E-state index contributed by atoms with van der Waals surface area (Å²) in [6.07, 6.45) is 1.39. The molecule has 2 N–H and O–H groups in total. The van der Waals surface area contributed by atoms with E-state index in [1.807, 2.05) is 0 Å². The van der Waals surface area contributed by atoms with Crippen LogP contribution in [0.25, 0.3) is 0 Å². The third-order valence-electron chi connectivity index (χ3n) is 3.19. The molecule has 25 heavy (non-hydrogen) atoms. The van der Waals surface area contributed by atoms with Crippen LogP contribution < -0.4 is 10.6 Å². The normalized spacial score (nSPS) is 10.4. The van der Waals surface area contributed by atoms with E-state index in [1.54, 1.807) is 24.3 Å². The molecule has 5 nitrogen and oxygen atoms in total. The molecule has 0 aliphatic carbocycles. The molecule has 3 rings (SSSR count). The number of aromatic nitrogens is 2. The van der Waals surface area contributed by atoms with Crippen LogP contribution in [0.1, 0.15) is 10.5 Å². The number of benzene rings is 2. The molecule has 0 radical (unpaired) electrons. The summed E-state index contributed by atoms with van der Waals surface area (Å²) in [4.78, 5) is 20.4. The SMILES string of the molecule is O=C(Nc1cc(Cl)ccc1Cl)c1ccnc(Nc2ccccc2F)n1. The van der Waals surface area contributed by atoms with Crippen LogP contribution in [0.4, 0.5) is 21.7 Å². The van der Waals surface area contributed by atoms with Crippen molar-refractivity contribution >= 4 is 46.4 Å². The van der Waals surface area contributed by atoms with Gasteiger partial charge in [0.25, 0.3) is 5.91 Å².